The highest BCUT2D eigenvalue weighted by Gasteiger charge is 2.08. The van der Waals surface area contributed by atoms with Crippen LogP contribution in [0.25, 0.3) is 0 Å². The summed E-state index contributed by atoms with van der Waals surface area (Å²) in [6.07, 6.45) is 16.5. The number of unbranched alkanes of at least 4 members (excludes halogenated alkanes) is 10. The van der Waals surface area contributed by atoms with Crippen LogP contribution >= 0.6 is 0 Å². The van der Waals surface area contributed by atoms with Crippen LogP contribution in [0, 0.1) is 6.92 Å². The second-order valence-corrected chi connectivity index (χ2v) is 7.77. The summed E-state index contributed by atoms with van der Waals surface area (Å²) in [7, 11) is 2.01. The summed E-state index contributed by atoms with van der Waals surface area (Å²) in [6.45, 7) is 9.21. The molecule has 1 aromatic rings. The van der Waals surface area contributed by atoms with Gasteiger partial charge in [-0.05, 0) is 43.5 Å². The van der Waals surface area contributed by atoms with E-state index in [0.29, 0.717) is 0 Å². The average Bonchev–Trinajstić information content (AvgIpc) is 2.65. The molecule has 0 atom stereocenters. The third kappa shape index (κ3) is 9.50. The topological polar surface area (TPSA) is 15.3 Å². The molecule has 1 N–H and O–H groups in total. The highest BCUT2D eigenvalue weighted by Crippen LogP contribution is 2.23. The third-order valence-corrected chi connectivity index (χ3v) is 5.41. The van der Waals surface area contributed by atoms with Gasteiger partial charge < -0.3 is 10.2 Å². The minimum atomic E-state index is 1.21. The van der Waals surface area contributed by atoms with E-state index in [-0.39, 0.29) is 0 Å². The normalized spacial score (nSPS) is 10.9. The predicted molar refractivity (Wildman–Crippen MR) is 120 cm³/mol. The summed E-state index contributed by atoms with van der Waals surface area (Å²) in [5, 5.41) is 3.29. The van der Waals surface area contributed by atoms with Gasteiger partial charge in [0.1, 0.15) is 0 Å². The lowest BCUT2D eigenvalue weighted by Gasteiger charge is -2.26. The molecule has 0 amide bonds. The number of hydrogen-bond donors (Lipinski definition) is 1. The molecule has 0 aliphatic heterocycles. The van der Waals surface area contributed by atoms with Crippen LogP contribution < -0.4 is 10.2 Å². The van der Waals surface area contributed by atoms with Crippen molar-refractivity contribution in [2.24, 2.45) is 0 Å². The van der Waals surface area contributed by atoms with E-state index < -0.39 is 0 Å². The lowest BCUT2D eigenvalue weighted by molar-refractivity contribution is 0.575. The zero-order chi connectivity index (χ0) is 19.0. The molecule has 2 nitrogen and oxygen atoms in total. The van der Waals surface area contributed by atoms with Gasteiger partial charge in [-0.15, -0.1) is 0 Å². The fourth-order valence-electron chi connectivity index (χ4n) is 3.66. The van der Waals surface area contributed by atoms with E-state index in [4.69, 9.17) is 0 Å². The number of nitrogens with one attached hydrogen (secondary N) is 1. The van der Waals surface area contributed by atoms with Crippen molar-refractivity contribution in [3.63, 3.8) is 0 Å². The Bertz CT molecular complexity index is 440. The van der Waals surface area contributed by atoms with Gasteiger partial charge in [-0.2, -0.15) is 0 Å². The van der Waals surface area contributed by atoms with Crippen molar-refractivity contribution in [3.8, 4) is 0 Å². The summed E-state index contributed by atoms with van der Waals surface area (Å²) in [5.41, 5.74) is 4.00. The van der Waals surface area contributed by atoms with Crippen LogP contribution in [0.1, 0.15) is 96.5 Å². The van der Waals surface area contributed by atoms with Gasteiger partial charge in [0.25, 0.3) is 0 Å². The summed E-state index contributed by atoms with van der Waals surface area (Å²) in [6, 6.07) is 6.90. The molecule has 1 rings (SSSR count). The molecule has 0 heterocycles. The van der Waals surface area contributed by atoms with Crippen molar-refractivity contribution < 1.29 is 0 Å². The van der Waals surface area contributed by atoms with Gasteiger partial charge in [-0.3, -0.25) is 0 Å². The van der Waals surface area contributed by atoms with Crippen LogP contribution in [0.3, 0.4) is 0 Å². The lowest BCUT2D eigenvalue weighted by Crippen LogP contribution is -2.25. The molecular weight excluding hydrogens is 316 g/mol. The molecule has 0 saturated heterocycles. The maximum absolute atomic E-state index is 3.29. The van der Waals surface area contributed by atoms with Crippen molar-refractivity contribution in [2.75, 3.05) is 30.4 Å². The number of aryl methyl sites for hydroxylation is 1. The number of anilines is 2. The molecule has 0 aliphatic carbocycles. The predicted octanol–water partition coefficient (Wildman–Crippen LogP) is 7.56. The quantitative estimate of drug-likeness (QED) is 0.306. The van der Waals surface area contributed by atoms with Crippen molar-refractivity contribution in [3.05, 3.63) is 23.8 Å². The van der Waals surface area contributed by atoms with Crippen LogP contribution in [-0.2, 0) is 0 Å². The van der Waals surface area contributed by atoms with Gasteiger partial charge in [-0.1, -0.05) is 78.1 Å². The number of nitrogens with zero attached hydrogens (tertiary/aromatic N) is 1. The smallest absolute Gasteiger partial charge is 0.0370 e. The highest BCUT2D eigenvalue weighted by atomic mass is 15.1. The Kier molecular flexibility index (Phi) is 13.1. The van der Waals surface area contributed by atoms with E-state index in [0.717, 1.165) is 0 Å². The van der Waals surface area contributed by atoms with Crippen LogP contribution in [-0.4, -0.2) is 20.1 Å². The molecular formula is C24H44N2. The molecule has 1 aromatic carbocycles. The lowest BCUT2D eigenvalue weighted by atomic mass is 10.1. The van der Waals surface area contributed by atoms with Gasteiger partial charge in [0.05, 0.1) is 0 Å². The first-order chi connectivity index (χ1) is 12.7. The Balaban J connectivity index is 2.50. The van der Waals surface area contributed by atoms with E-state index in [2.05, 4.69) is 49.2 Å². The molecule has 0 spiro atoms. The fraction of sp³-hybridized carbons (Fsp3) is 0.750. The fourth-order valence-corrected chi connectivity index (χ4v) is 3.66. The molecule has 0 aromatic heterocycles. The summed E-state index contributed by atoms with van der Waals surface area (Å²) in [5.74, 6) is 0. The molecule has 0 unspecified atom stereocenters. The number of benzene rings is 1. The number of rotatable bonds is 16. The molecule has 0 fully saturated rings. The largest absolute Gasteiger partial charge is 0.388 e. The van der Waals surface area contributed by atoms with Gasteiger partial charge in [0.15, 0.2) is 0 Å². The third-order valence-electron chi connectivity index (χ3n) is 5.41. The molecule has 2 heteroatoms. The Hall–Kier alpha value is -1.18. The van der Waals surface area contributed by atoms with E-state index >= 15 is 0 Å². The Morgan fingerprint density at radius 3 is 1.69 bits per heavy atom. The zero-order valence-corrected chi connectivity index (χ0v) is 18.1. The van der Waals surface area contributed by atoms with Crippen molar-refractivity contribution in [1.29, 1.82) is 0 Å². The van der Waals surface area contributed by atoms with Gasteiger partial charge in [0.2, 0.25) is 0 Å². The maximum Gasteiger partial charge on any atom is 0.0370 e. The molecule has 0 bridgehead atoms. The zero-order valence-electron chi connectivity index (χ0n) is 18.1. The van der Waals surface area contributed by atoms with Gasteiger partial charge in [-0.25, -0.2) is 0 Å². The Labute approximate surface area is 163 Å². The van der Waals surface area contributed by atoms with E-state index in [1.54, 1.807) is 0 Å². The molecule has 0 radical (unpaired) electrons. The second-order valence-electron chi connectivity index (χ2n) is 7.77. The van der Waals surface area contributed by atoms with Gasteiger partial charge in [0, 0.05) is 31.5 Å². The number of hydrogen-bond acceptors (Lipinski definition) is 2. The van der Waals surface area contributed by atoms with Crippen molar-refractivity contribution in [1.82, 2.24) is 0 Å². The summed E-state index contributed by atoms with van der Waals surface area (Å²) >= 11 is 0. The van der Waals surface area contributed by atoms with Crippen LogP contribution in [0.4, 0.5) is 11.4 Å². The highest BCUT2D eigenvalue weighted by molar-refractivity contribution is 5.60. The Morgan fingerprint density at radius 2 is 1.23 bits per heavy atom. The minimum Gasteiger partial charge on any atom is -0.388 e. The van der Waals surface area contributed by atoms with Crippen LogP contribution in [0.5, 0.6) is 0 Å². The second kappa shape index (κ2) is 14.9. The van der Waals surface area contributed by atoms with Crippen molar-refractivity contribution in [2.45, 2.75) is 97.8 Å². The monoisotopic (exact) mass is 360 g/mol. The molecule has 0 saturated carbocycles. The van der Waals surface area contributed by atoms with Gasteiger partial charge >= 0.3 is 0 Å². The minimum absolute atomic E-state index is 1.21. The van der Waals surface area contributed by atoms with E-state index in [1.807, 2.05) is 7.05 Å². The van der Waals surface area contributed by atoms with E-state index in [9.17, 15) is 0 Å². The van der Waals surface area contributed by atoms with E-state index in [1.165, 1.54) is 107 Å². The summed E-state index contributed by atoms with van der Waals surface area (Å²) < 4.78 is 0. The SMILES string of the molecule is CCCCCCCCN(CCCCCCCC)c1ccc(NC)c(C)c1. The maximum atomic E-state index is 3.29. The van der Waals surface area contributed by atoms with Crippen LogP contribution in [0.15, 0.2) is 18.2 Å². The first kappa shape index (κ1) is 22.9. The average molecular weight is 361 g/mol. The Morgan fingerprint density at radius 1 is 0.731 bits per heavy atom. The first-order valence-corrected chi connectivity index (χ1v) is 11.3. The molecule has 150 valence electrons. The van der Waals surface area contributed by atoms with Crippen molar-refractivity contribution >= 4 is 11.4 Å². The first-order valence-electron chi connectivity index (χ1n) is 11.3. The summed E-state index contributed by atoms with van der Waals surface area (Å²) in [4.78, 5) is 2.63. The standard InChI is InChI=1S/C24H44N2/c1-5-7-9-11-13-15-19-26(20-16-14-12-10-8-6-2)23-17-18-24(25-4)22(3)21-23/h17-18,21,25H,5-16,19-20H2,1-4H3. The van der Waals surface area contributed by atoms with Crippen LogP contribution in [0.2, 0.25) is 0 Å². The molecule has 26 heavy (non-hydrogen) atoms. The molecule has 0 aliphatic rings.